The number of hydrogen-bond acceptors (Lipinski definition) is 2. The number of halogens is 1. The van der Waals surface area contributed by atoms with Crippen LogP contribution >= 0.6 is 27.3 Å². The zero-order valence-electron chi connectivity index (χ0n) is 6.22. The quantitative estimate of drug-likeness (QED) is 0.712. The molecule has 0 bridgehead atoms. The number of aliphatic carboxylic acids is 1. The summed E-state index contributed by atoms with van der Waals surface area (Å²) in [6, 6.07) is 1.85. The summed E-state index contributed by atoms with van der Waals surface area (Å²) in [6.07, 6.45) is 0. The normalized spacial score (nSPS) is 8.83. The Bertz CT molecular complexity index is 351. The van der Waals surface area contributed by atoms with Crippen molar-refractivity contribution >= 4 is 33.2 Å². The maximum atomic E-state index is 10.1. The first-order valence-corrected chi connectivity index (χ1v) is 4.71. The molecule has 0 aliphatic carbocycles. The molecule has 1 N–H and O–H groups in total. The van der Waals surface area contributed by atoms with E-state index in [2.05, 4.69) is 27.8 Å². The molecule has 0 saturated carbocycles. The zero-order valence-corrected chi connectivity index (χ0v) is 8.62. The molecule has 1 aromatic rings. The molecule has 0 amide bonds. The molecule has 1 heterocycles. The van der Waals surface area contributed by atoms with Crippen LogP contribution in [0.2, 0.25) is 0 Å². The minimum atomic E-state index is -1.10. The Morgan fingerprint density at radius 2 is 2.42 bits per heavy atom. The van der Waals surface area contributed by atoms with Crippen LogP contribution in [-0.2, 0) is 4.79 Å². The summed E-state index contributed by atoms with van der Waals surface area (Å²) < 4.78 is 0.997. The van der Waals surface area contributed by atoms with E-state index in [4.69, 9.17) is 5.11 Å². The fraction of sp³-hybridized carbons (Fsp3) is 0.125. The van der Waals surface area contributed by atoms with Gasteiger partial charge in [-0.15, -0.1) is 11.3 Å². The summed E-state index contributed by atoms with van der Waals surface area (Å²) in [5, 5.41) is 8.27. The van der Waals surface area contributed by atoms with Gasteiger partial charge in [-0.25, -0.2) is 4.79 Å². The van der Waals surface area contributed by atoms with Crippen LogP contribution in [0.3, 0.4) is 0 Å². The summed E-state index contributed by atoms with van der Waals surface area (Å²) in [4.78, 5) is 10.8. The number of thiophene rings is 1. The molecule has 1 rings (SSSR count). The second-order valence-electron chi connectivity index (χ2n) is 2.12. The average molecular weight is 245 g/mol. The maximum absolute atomic E-state index is 10.1. The van der Waals surface area contributed by atoms with Crippen molar-refractivity contribution in [2.45, 2.75) is 6.92 Å². The lowest BCUT2D eigenvalue weighted by molar-refractivity contribution is -0.130. The van der Waals surface area contributed by atoms with Crippen LogP contribution in [0.1, 0.15) is 10.4 Å². The third-order valence-corrected chi connectivity index (χ3v) is 3.20. The van der Waals surface area contributed by atoms with E-state index < -0.39 is 5.97 Å². The Morgan fingerprint density at radius 3 is 2.83 bits per heavy atom. The van der Waals surface area contributed by atoms with E-state index >= 15 is 0 Å². The molecule has 4 heteroatoms. The Balaban J connectivity index is 2.93. The van der Waals surface area contributed by atoms with Crippen LogP contribution in [-0.4, -0.2) is 11.1 Å². The van der Waals surface area contributed by atoms with Gasteiger partial charge in [0.25, 0.3) is 0 Å². The largest absolute Gasteiger partial charge is 0.472 e. The van der Waals surface area contributed by atoms with Gasteiger partial charge in [-0.2, -0.15) is 0 Å². The highest BCUT2D eigenvalue weighted by atomic mass is 79.9. The van der Waals surface area contributed by atoms with Crippen LogP contribution < -0.4 is 0 Å². The molecule has 2 nitrogen and oxygen atoms in total. The molecule has 1 aromatic heterocycles. The fourth-order valence-electron chi connectivity index (χ4n) is 0.637. The molecular weight excluding hydrogens is 240 g/mol. The number of hydrogen-bond donors (Lipinski definition) is 1. The molecule has 0 fully saturated rings. The van der Waals surface area contributed by atoms with Crippen molar-refractivity contribution < 1.29 is 9.90 Å². The Morgan fingerprint density at radius 1 is 1.75 bits per heavy atom. The second-order valence-corrected chi connectivity index (χ2v) is 4.49. The van der Waals surface area contributed by atoms with Gasteiger partial charge in [0.2, 0.25) is 0 Å². The summed E-state index contributed by atoms with van der Waals surface area (Å²) in [5.41, 5.74) is 1.08. The van der Waals surface area contributed by atoms with Crippen molar-refractivity contribution in [3.8, 4) is 11.8 Å². The molecule has 0 aromatic carbocycles. The fourth-order valence-corrected chi connectivity index (χ4v) is 2.02. The average Bonchev–Trinajstić information content (AvgIpc) is 2.28. The molecule has 0 radical (unpaired) electrons. The van der Waals surface area contributed by atoms with Crippen molar-refractivity contribution in [2.24, 2.45) is 0 Å². The van der Waals surface area contributed by atoms with Crippen molar-refractivity contribution in [1.29, 1.82) is 0 Å². The van der Waals surface area contributed by atoms with Crippen molar-refractivity contribution in [2.75, 3.05) is 0 Å². The zero-order chi connectivity index (χ0) is 9.14. The number of carbonyl (C=O) groups is 1. The van der Waals surface area contributed by atoms with Crippen LogP contribution in [0, 0.1) is 18.8 Å². The minimum absolute atomic E-state index is 0.766. The monoisotopic (exact) mass is 244 g/mol. The van der Waals surface area contributed by atoms with Gasteiger partial charge in [0.15, 0.2) is 0 Å². The molecule has 0 unspecified atom stereocenters. The van der Waals surface area contributed by atoms with E-state index in [0.717, 1.165) is 14.2 Å². The van der Waals surface area contributed by atoms with Crippen LogP contribution in [0.25, 0.3) is 0 Å². The van der Waals surface area contributed by atoms with E-state index in [9.17, 15) is 4.79 Å². The molecule has 0 aliphatic heterocycles. The number of carboxylic acid groups (broad SMARTS) is 1. The van der Waals surface area contributed by atoms with Gasteiger partial charge in [-0.05, 0) is 40.4 Å². The van der Waals surface area contributed by atoms with E-state index in [0.29, 0.717) is 0 Å². The topological polar surface area (TPSA) is 37.3 Å². The lowest BCUT2D eigenvalue weighted by Crippen LogP contribution is -1.85. The molecule has 0 spiro atoms. The number of carboxylic acids is 1. The third kappa shape index (κ3) is 2.36. The first-order valence-electron chi connectivity index (χ1n) is 3.10. The highest BCUT2D eigenvalue weighted by Gasteiger charge is 1.99. The van der Waals surface area contributed by atoms with Gasteiger partial charge >= 0.3 is 5.97 Å². The molecule has 0 atom stereocenters. The summed E-state index contributed by atoms with van der Waals surface area (Å²) in [6.45, 7) is 1.94. The molecule has 0 saturated heterocycles. The van der Waals surface area contributed by atoms with Crippen LogP contribution in [0.5, 0.6) is 0 Å². The minimum Gasteiger partial charge on any atom is -0.472 e. The van der Waals surface area contributed by atoms with E-state index in [1.54, 1.807) is 0 Å². The lowest BCUT2D eigenvalue weighted by Gasteiger charge is -1.77. The van der Waals surface area contributed by atoms with Gasteiger partial charge in [-0.1, -0.05) is 0 Å². The van der Waals surface area contributed by atoms with Crippen molar-refractivity contribution in [1.82, 2.24) is 0 Å². The first-order chi connectivity index (χ1) is 5.59. The van der Waals surface area contributed by atoms with Gasteiger partial charge in [-0.3, -0.25) is 0 Å². The molecule has 12 heavy (non-hydrogen) atoms. The Kier molecular flexibility index (Phi) is 2.90. The Hall–Kier alpha value is -0.790. The number of rotatable bonds is 0. The van der Waals surface area contributed by atoms with Crippen molar-refractivity contribution in [3.05, 3.63) is 20.3 Å². The standard InChI is InChI=1S/C8H5BrO2S/c1-5-4-6(12-8(5)9)2-3-7(10)11/h4H,1H3,(H,10,11). The Labute approximate surface area is 82.4 Å². The van der Waals surface area contributed by atoms with Gasteiger partial charge < -0.3 is 5.11 Å². The lowest BCUT2D eigenvalue weighted by atomic mass is 10.3. The summed E-state index contributed by atoms with van der Waals surface area (Å²) >= 11 is 4.76. The summed E-state index contributed by atoms with van der Waals surface area (Å²) in [5.74, 6) is 3.50. The third-order valence-electron chi connectivity index (χ3n) is 1.15. The highest BCUT2D eigenvalue weighted by Crippen LogP contribution is 2.26. The highest BCUT2D eigenvalue weighted by molar-refractivity contribution is 9.11. The predicted molar refractivity (Wildman–Crippen MR) is 51.3 cm³/mol. The van der Waals surface area contributed by atoms with E-state index in [-0.39, 0.29) is 0 Å². The number of aryl methyl sites for hydroxylation is 1. The molecular formula is C8H5BrO2S. The predicted octanol–water partition coefficient (Wildman–Crippen LogP) is 2.26. The molecule has 62 valence electrons. The SMILES string of the molecule is Cc1cc(C#CC(=O)O)sc1Br. The van der Waals surface area contributed by atoms with Crippen molar-refractivity contribution in [3.63, 3.8) is 0 Å². The first kappa shape index (κ1) is 9.30. The van der Waals surface area contributed by atoms with E-state index in [1.807, 2.05) is 13.0 Å². The summed E-state index contributed by atoms with van der Waals surface area (Å²) in [7, 11) is 0. The van der Waals surface area contributed by atoms with Crippen LogP contribution in [0.4, 0.5) is 0 Å². The van der Waals surface area contributed by atoms with Gasteiger partial charge in [0, 0.05) is 5.92 Å². The second kappa shape index (κ2) is 3.74. The maximum Gasteiger partial charge on any atom is 0.382 e. The smallest absolute Gasteiger partial charge is 0.382 e. The van der Waals surface area contributed by atoms with Gasteiger partial charge in [0.1, 0.15) is 0 Å². The molecule has 0 aliphatic rings. The van der Waals surface area contributed by atoms with E-state index in [1.165, 1.54) is 11.3 Å². The van der Waals surface area contributed by atoms with Gasteiger partial charge in [0.05, 0.1) is 8.66 Å². The van der Waals surface area contributed by atoms with Crippen LogP contribution in [0.15, 0.2) is 9.85 Å².